The van der Waals surface area contributed by atoms with E-state index in [0.29, 0.717) is 18.0 Å². The highest BCUT2D eigenvalue weighted by Gasteiger charge is 2.29. The minimum absolute atomic E-state index is 0.108. The number of carbonyl (C=O) groups is 1. The molecule has 0 aromatic heterocycles. The predicted octanol–water partition coefficient (Wildman–Crippen LogP) is 4.74. The Bertz CT molecular complexity index is 1240. The van der Waals surface area contributed by atoms with Gasteiger partial charge in [0.15, 0.2) is 0 Å². The average Bonchev–Trinajstić information content (AvgIpc) is 2.86. The highest BCUT2D eigenvalue weighted by Crippen LogP contribution is 2.32. The van der Waals surface area contributed by atoms with Gasteiger partial charge < -0.3 is 14.8 Å². The number of hydrogen-bond donors (Lipinski definition) is 1. The molecule has 8 heteroatoms. The molecule has 0 heterocycles. The molecular formula is C28H34N2O5S. The van der Waals surface area contributed by atoms with Gasteiger partial charge in [0.2, 0.25) is 5.91 Å². The van der Waals surface area contributed by atoms with E-state index in [1.807, 2.05) is 45.0 Å². The zero-order valence-electron chi connectivity index (χ0n) is 21.2. The molecule has 0 fully saturated rings. The molecule has 36 heavy (non-hydrogen) atoms. The number of benzene rings is 3. The lowest BCUT2D eigenvalue weighted by Crippen LogP contribution is -2.41. The van der Waals surface area contributed by atoms with E-state index in [1.165, 1.54) is 7.11 Å². The molecule has 1 N–H and O–H groups in total. The Hall–Kier alpha value is -3.52. The highest BCUT2D eigenvalue weighted by atomic mass is 32.2. The molecule has 0 saturated heterocycles. The van der Waals surface area contributed by atoms with Crippen molar-refractivity contribution in [2.24, 2.45) is 0 Å². The van der Waals surface area contributed by atoms with Crippen molar-refractivity contribution in [3.05, 3.63) is 83.9 Å². The second-order valence-corrected chi connectivity index (χ2v) is 10.6. The Morgan fingerprint density at radius 3 is 2.28 bits per heavy atom. The SMILES string of the molecule is COc1ccccc1N(CC(=O)NCCCc1ccc(OC(C)C)cc1)S(=O)(=O)c1ccc(C)cc1. The van der Waals surface area contributed by atoms with E-state index in [1.54, 1.807) is 48.5 Å². The third kappa shape index (κ3) is 7.24. The lowest BCUT2D eigenvalue weighted by atomic mass is 10.1. The molecule has 3 aromatic carbocycles. The summed E-state index contributed by atoms with van der Waals surface area (Å²) in [5.41, 5.74) is 2.38. The fourth-order valence-electron chi connectivity index (χ4n) is 3.69. The second-order valence-electron chi connectivity index (χ2n) is 8.76. The van der Waals surface area contributed by atoms with Gasteiger partial charge in [-0.3, -0.25) is 9.10 Å². The quantitative estimate of drug-likeness (QED) is 0.356. The van der Waals surface area contributed by atoms with Crippen LogP contribution in [-0.4, -0.2) is 40.6 Å². The molecule has 0 aliphatic rings. The van der Waals surface area contributed by atoms with Crippen LogP contribution in [-0.2, 0) is 21.2 Å². The molecule has 1 amide bonds. The summed E-state index contributed by atoms with van der Waals surface area (Å²) in [5, 5.41) is 2.85. The Balaban J connectivity index is 1.67. The number of amides is 1. The normalized spacial score (nSPS) is 11.2. The Kier molecular flexibility index (Phi) is 9.36. The number of rotatable bonds is 12. The molecule has 0 atom stereocenters. The van der Waals surface area contributed by atoms with Gasteiger partial charge in [-0.05, 0) is 75.6 Å². The molecule has 192 valence electrons. The van der Waals surface area contributed by atoms with Crippen LogP contribution in [0.2, 0.25) is 0 Å². The number of hydrogen-bond acceptors (Lipinski definition) is 5. The van der Waals surface area contributed by atoms with Crippen LogP contribution in [0.15, 0.2) is 77.7 Å². The smallest absolute Gasteiger partial charge is 0.264 e. The van der Waals surface area contributed by atoms with Crippen molar-refractivity contribution in [2.45, 2.75) is 44.6 Å². The van der Waals surface area contributed by atoms with Crippen molar-refractivity contribution in [2.75, 3.05) is 24.5 Å². The minimum Gasteiger partial charge on any atom is -0.495 e. The molecule has 0 unspecified atom stereocenters. The van der Waals surface area contributed by atoms with Crippen LogP contribution in [0, 0.1) is 6.92 Å². The van der Waals surface area contributed by atoms with Gasteiger partial charge >= 0.3 is 0 Å². The van der Waals surface area contributed by atoms with Crippen LogP contribution >= 0.6 is 0 Å². The number of ether oxygens (including phenoxy) is 2. The average molecular weight is 511 g/mol. The number of nitrogens with one attached hydrogen (secondary N) is 1. The Morgan fingerprint density at radius 2 is 1.64 bits per heavy atom. The molecule has 3 aromatic rings. The van der Waals surface area contributed by atoms with Gasteiger partial charge in [-0.15, -0.1) is 0 Å². The highest BCUT2D eigenvalue weighted by molar-refractivity contribution is 7.92. The van der Waals surface area contributed by atoms with Gasteiger partial charge in [-0.1, -0.05) is 42.0 Å². The number of aryl methyl sites for hydroxylation is 2. The van der Waals surface area contributed by atoms with Crippen LogP contribution in [0.4, 0.5) is 5.69 Å². The standard InChI is InChI=1S/C28H34N2O5S/c1-21(2)35-24-15-13-23(14-16-24)8-7-19-29-28(31)20-30(26-9-5-6-10-27(26)34-4)36(32,33)25-17-11-22(3)12-18-25/h5-6,9-18,21H,7-8,19-20H2,1-4H3,(H,29,31). The molecular weight excluding hydrogens is 476 g/mol. The van der Waals surface area contributed by atoms with E-state index in [0.717, 1.165) is 34.0 Å². The van der Waals surface area contributed by atoms with Gasteiger partial charge in [-0.2, -0.15) is 0 Å². The van der Waals surface area contributed by atoms with Crippen molar-refractivity contribution < 1.29 is 22.7 Å². The minimum atomic E-state index is -4.00. The zero-order valence-corrected chi connectivity index (χ0v) is 22.0. The maximum atomic E-state index is 13.5. The van der Waals surface area contributed by atoms with Crippen molar-refractivity contribution in [3.8, 4) is 11.5 Å². The molecule has 0 aliphatic heterocycles. The molecule has 0 spiro atoms. The topological polar surface area (TPSA) is 84.9 Å². The molecule has 3 rings (SSSR count). The maximum absolute atomic E-state index is 13.5. The summed E-state index contributed by atoms with van der Waals surface area (Å²) in [5.74, 6) is 0.802. The van der Waals surface area contributed by atoms with E-state index in [-0.39, 0.29) is 17.5 Å². The molecule has 0 saturated carbocycles. The van der Waals surface area contributed by atoms with Crippen LogP contribution in [0.3, 0.4) is 0 Å². The van der Waals surface area contributed by atoms with Crippen molar-refractivity contribution in [3.63, 3.8) is 0 Å². The first-order chi connectivity index (χ1) is 17.2. The van der Waals surface area contributed by atoms with E-state index < -0.39 is 15.9 Å². The monoisotopic (exact) mass is 510 g/mol. The Labute approximate surface area is 214 Å². The third-order valence-electron chi connectivity index (χ3n) is 5.51. The van der Waals surface area contributed by atoms with Crippen LogP contribution in [0.1, 0.15) is 31.4 Å². The lowest BCUT2D eigenvalue weighted by molar-refractivity contribution is -0.119. The van der Waals surface area contributed by atoms with Crippen LogP contribution in [0.25, 0.3) is 0 Å². The first kappa shape index (κ1) is 27.1. The zero-order chi connectivity index (χ0) is 26.1. The summed E-state index contributed by atoms with van der Waals surface area (Å²) in [6.45, 7) is 5.91. The van der Waals surface area contributed by atoms with E-state index in [9.17, 15) is 13.2 Å². The Morgan fingerprint density at radius 1 is 0.972 bits per heavy atom. The first-order valence-corrected chi connectivity index (χ1v) is 13.4. The number of sulfonamides is 1. The van der Waals surface area contributed by atoms with Gasteiger partial charge in [0.1, 0.15) is 18.0 Å². The lowest BCUT2D eigenvalue weighted by Gasteiger charge is -2.25. The van der Waals surface area contributed by atoms with Crippen molar-refractivity contribution in [1.29, 1.82) is 0 Å². The fourth-order valence-corrected chi connectivity index (χ4v) is 5.12. The van der Waals surface area contributed by atoms with Gasteiger partial charge in [0.25, 0.3) is 10.0 Å². The molecule has 0 radical (unpaired) electrons. The second kappa shape index (κ2) is 12.4. The summed E-state index contributed by atoms with van der Waals surface area (Å²) < 4.78 is 39.2. The molecule has 0 aliphatic carbocycles. The summed E-state index contributed by atoms with van der Waals surface area (Å²) in [6.07, 6.45) is 1.62. The molecule has 7 nitrogen and oxygen atoms in total. The molecule has 0 bridgehead atoms. The number of carbonyl (C=O) groups excluding carboxylic acids is 1. The number of anilines is 1. The number of para-hydroxylation sites is 2. The summed E-state index contributed by atoms with van der Waals surface area (Å²) in [6, 6.07) is 21.2. The van der Waals surface area contributed by atoms with Crippen LogP contribution < -0.4 is 19.1 Å². The van der Waals surface area contributed by atoms with E-state index >= 15 is 0 Å². The third-order valence-corrected chi connectivity index (χ3v) is 7.28. The van der Waals surface area contributed by atoms with Crippen molar-refractivity contribution in [1.82, 2.24) is 5.32 Å². The van der Waals surface area contributed by atoms with Crippen LogP contribution in [0.5, 0.6) is 11.5 Å². The summed E-state index contributed by atoms with van der Waals surface area (Å²) in [7, 11) is -2.54. The van der Waals surface area contributed by atoms with E-state index in [2.05, 4.69) is 5.32 Å². The fraction of sp³-hybridized carbons (Fsp3) is 0.321. The number of nitrogens with zero attached hydrogens (tertiary/aromatic N) is 1. The first-order valence-electron chi connectivity index (χ1n) is 12.0. The van der Waals surface area contributed by atoms with Gasteiger partial charge in [-0.25, -0.2) is 8.42 Å². The van der Waals surface area contributed by atoms with Crippen molar-refractivity contribution >= 4 is 21.6 Å². The summed E-state index contributed by atoms with van der Waals surface area (Å²) >= 11 is 0. The number of methoxy groups -OCH3 is 1. The van der Waals surface area contributed by atoms with Gasteiger partial charge in [0, 0.05) is 6.54 Å². The maximum Gasteiger partial charge on any atom is 0.264 e. The summed E-state index contributed by atoms with van der Waals surface area (Å²) in [4.78, 5) is 13.0. The predicted molar refractivity (Wildman–Crippen MR) is 142 cm³/mol. The van der Waals surface area contributed by atoms with Gasteiger partial charge in [0.05, 0.1) is 23.8 Å². The largest absolute Gasteiger partial charge is 0.495 e. The van der Waals surface area contributed by atoms with E-state index in [4.69, 9.17) is 9.47 Å².